The normalized spacial score (nSPS) is 14.3. The fourth-order valence-electron chi connectivity index (χ4n) is 7.42. The zero-order valence-corrected chi connectivity index (χ0v) is 37.6. The molecule has 1 atom stereocenters. The number of rotatable bonds is 14. The smallest absolute Gasteiger partial charge is 0.490 e. The van der Waals surface area contributed by atoms with Crippen LogP contribution in [0.15, 0.2) is 66.7 Å². The van der Waals surface area contributed by atoms with Crippen LogP contribution in [0.5, 0.6) is 17.2 Å². The summed E-state index contributed by atoms with van der Waals surface area (Å²) in [6, 6.07) is 0.787. The first kappa shape index (κ1) is 61.9. The van der Waals surface area contributed by atoms with Gasteiger partial charge in [-0.3, -0.25) is 4.48 Å². The minimum Gasteiger partial charge on any atom is -0.490 e. The van der Waals surface area contributed by atoms with E-state index >= 15 is 13.2 Å². The van der Waals surface area contributed by atoms with Gasteiger partial charge in [0.25, 0.3) is 0 Å². The highest BCUT2D eigenvalue weighted by Crippen LogP contribution is 2.52. The molecule has 0 amide bonds. The van der Waals surface area contributed by atoms with Crippen LogP contribution in [0.25, 0.3) is 0 Å². The SMILES string of the molecule is CCOC(CC)(c1c(OB(Oc2cc(C(F)(F)F)cc(C(F)(F)F)c2)Oc2cc(C(F)(F)F)cc(C(F)(F)F)c2)cc(C(F)(F)F)cc1C(F)(F)F)[N+](CC)(CC)CC.FC(F)(F)c1c[c-]cc(C(F)(F)F)c1. The lowest BCUT2D eigenvalue weighted by Gasteiger charge is -2.52. The number of nitrogens with zero attached hydrogens (tertiary/aromatic N) is 1. The van der Waals surface area contributed by atoms with Gasteiger partial charge >= 0.3 is 56.7 Å². The Hall–Kier alpha value is -5.42. The molecular formula is C43H36BF24NO4. The van der Waals surface area contributed by atoms with Crippen molar-refractivity contribution in [2.75, 3.05) is 26.2 Å². The summed E-state index contributed by atoms with van der Waals surface area (Å²) in [5.74, 6) is -4.81. The Kier molecular flexibility index (Phi) is 18.5. The fraction of sp³-hybridized carbons (Fsp3) is 0.442. The summed E-state index contributed by atoms with van der Waals surface area (Å²) in [5.41, 5.74) is -19.0. The third-order valence-corrected chi connectivity index (χ3v) is 10.8. The van der Waals surface area contributed by atoms with Gasteiger partial charge in [0.1, 0.15) is 17.2 Å². The molecule has 4 aromatic rings. The van der Waals surface area contributed by atoms with Crippen LogP contribution < -0.4 is 14.0 Å². The summed E-state index contributed by atoms with van der Waals surface area (Å²) < 4.78 is 346. The van der Waals surface area contributed by atoms with Crippen LogP contribution >= 0.6 is 0 Å². The van der Waals surface area contributed by atoms with Crippen LogP contribution in [0.1, 0.15) is 91.1 Å². The molecule has 0 aliphatic carbocycles. The molecule has 0 aliphatic rings. The van der Waals surface area contributed by atoms with Crippen molar-refractivity contribution in [1.29, 1.82) is 0 Å². The number of hydrogen-bond acceptors (Lipinski definition) is 4. The van der Waals surface area contributed by atoms with E-state index in [2.05, 4.69) is 0 Å². The molecule has 0 aromatic heterocycles. The minimum atomic E-state index is -5.74. The van der Waals surface area contributed by atoms with Gasteiger partial charge in [-0.05, 0) is 76.2 Å². The van der Waals surface area contributed by atoms with E-state index in [1.165, 1.54) is 34.6 Å². The Bertz CT molecular complexity index is 2300. The van der Waals surface area contributed by atoms with Crippen LogP contribution in [-0.4, -0.2) is 38.0 Å². The fourth-order valence-corrected chi connectivity index (χ4v) is 7.42. The van der Waals surface area contributed by atoms with Crippen molar-refractivity contribution < 1.29 is 129 Å². The Balaban J connectivity index is 0.000000861. The molecule has 0 saturated carbocycles. The van der Waals surface area contributed by atoms with Crippen LogP contribution in [-0.2, 0) is 59.9 Å². The third kappa shape index (κ3) is 15.1. The maximum absolute atomic E-state index is 15.1. The highest BCUT2D eigenvalue weighted by atomic mass is 19.4. The summed E-state index contributed by atoms with van der Waals surface area (Å²) in [6.07, 6.45) is -43.9. The number of hydrogen-bond donors (Lipinski definition) is 0. The molecule has 73 heavy (non-hydrogen) atoms. The molecule has 0 heterocycles. The second kappa shape index (κ2) is 21.8. The third-order valence-electron chi connectivity index (χ3n) is 10.8. The van der Waals surface area contributed by atoms with Crippen molar-refractivity contribution in [1.82, 2.24) is 0 Å². The number of ether oxygens (including phenoxy) is 1. The van der Waals surface area contributed by atoms with Gasteiger partial charge in [-0.2, -0.15) is 124 Å². The summed E-state index contributed by atoms with van der Waals surface area (Å²) in [5, 5.41) is 0. The van der Waals surface area contributed by atoms with Crippen LogP contribution in [0, 0.1) is 6.07 Å². The van der Waals surface area contributed by atoms with E-state index in [1.54, 1.807) is 6.07 Å². The highest BCUT2D eigenvalue weighted by molar-refractivity contribution is 6.39. The quantitative estimate of drug-likeness (QED) is 0.0415. The molecule has 408 valence electrons. The lowest BCUT2D eigenvalue weighted by molar-refractivity contribution is -1.01. The molecule has 5 nitrogen and oxygen atoms in total. The molecule has 0 fully saturated rings. The predicted octanol–water partition coefficient (Wildman–Crippen LogP) is 16.3. The van der Waals surface area contributed by atoms with Crippen molar-refractivity contribution in [3.05, 3.63) is 123 Å². The standard InChI is InChI=1S/C35H33BF18NO4.C8H3F6/c1-6-29(56-10-5,55(7-2,8-3)9-4)28-26(35(52,53)54)17-23(34(49,50)51)18-27(28)59-36(57-24-13-19(30(37,38)39)11-20(14-24)31(40,41)42)58-25-15-21(32(43,44)45)12-22(16-25)33(46,47)48;9-7(10,11)5-2-1-3-6(4-5)8(12,13)14/h11-18H,6-10H2,1-5H3;2-4H/q+1;-1. The molecule has 1 unspecified atom stereocenters. The van der Waals surface area contributed by atoms with Crippen LogP contribution in [0.4, 0.5) is 105 Å². The van der Waals surface area contributed by atoms with E-state index < -0.39 is 159 Å². The van der Waals surface area contributed by atoms with Crippen molar-refractivity contribution in [2.45, 2.75) is 96.2 Å². The van der Waals surface area contributed by atoms with Gasteiger partial charge in [0.05, 0.1) is 65.2 Å². The van der Waals surface area contributed by atoms with Crippen molar-refractivity contribution in [2.24, 2.45) is 0 Å². The first-order chi connectivity index (χ1) is 32.9. The number of quaternary nitrogens is 1. The van der Waals surface area contributed by atoms with Crippen LogP contribution in [0.3, 0.4) is 0 Å². The van der Waals surface area contributed by atoms with E-state index in [9.17, 15) is 92.2 Å². The Morgan fingerprint density at radius 2 is 0.712 bits per heavy atom. The summed E-state index contributed by atoms with van der Waals surface area (Å²) in [6.45, 7) is 6.21. The van der Waals surface area contributed by atoms with Gasteiger partial charge in [-0.25, -0.2) is 0 Å². The maximum atomic E-state index is 15.1. The van der Waals surface area contributed by atoms with Crippen molar-refractivity contribution in [3.8, 4) is 17.2 Å². The van der Waals surface area contributed by atoms with Gasteiger partial charge in [0, 0.05) is 6.42 Å². The van der Waals surface area contributed by atoms with Gasteiger partial charge in [0.15, 0.2) is 0 Å². The second-order valence-electron chi connectivity index (χ2n) is 15.2. The summed E-state index contributed by atoms with van der Waals surface area (Å²) >= 11 is 0. The lowest BCUT2D eigenvalue weighted by Crippen LogP contribution is -2.64. The first-order valence-electron chi connectivity index (χ1n) is 20.5. The number of alkyl halides is 24. The van der Waals surface area contributed by atoms with Gasteiger partial charge in [-0.15, -0.1) is 6.07 Å². The molecule has 0 bridgehead atoms. The Morgan fingerprint density at radius 1 is 0.397 bits per heavy atom. The van der Waals surface area contributed by atoms with Crippen molar-refractivity contribution in [3.63, 3.8) is 0 Å². The van der Waals surface area contributed by atoms with Gasteiger partial charge in [-0.1, -0.05) is 18.1 Å². The van der Waals surface area contributed by atoms with E-state index in [-0.39, 0.29) is 62.1 Å². The average Bonchev–Trinajstić information content (AvgIpc) is 3.24. The van der Waals surface area contributed by atoms with Crippen LogP contribution in [0.2, 0.25) is 0 Å². The zero-order valence-electron chi connectivity index (χ0n) is 37.6. The topological polar surface area (TPSA) is 36.9 Å². The maximum Gasteiger partial charge on any atom is 0.864 e. The molecule has 0 N–H and O–H groups in total. The Morgan fingerprint density at radius 3 is 0.986 bits per heavy atom. The molecule has 0 saturated heterocycles. The van der Waals surface area contributed by atoms with E-state index in [0.29, 0.717) is 12.1 Å². The number of halogens is 24. The molecule has 4 rings (SSSR count). The second-order valence-corrected chi connectivity index (χ2v) is 15.2. The van der Waals surface area contributed by atoms with Crippen molar-refractivity contribution >= 4 is 7.32 Å². The first-order valence-corrected chi connectivity index (χ1v) is 20.5. The minimum absolute atomic E-state index is 0.0521. The monoisotopic (exact) mass is 1100 g/mol. The Labute approximate surface area is 398 Å². The molecule has 0 radical (unpaired) electrons. The molecular weight excluding hydrogens is 1060 g/mol. The van der Waals surface area contributed by atoms with E-state index in [4.69, 9.17) is 18.7 Å². The molecule has 4 aromatic carbocycles. The molecule has 30 heteroatoms. The zero-order chi connectivity index (χ0) is 56.4. The summed E-state index contributed by atoms with van der Waals surface area (Å²) in [7, 11) is -3.34. The van der Waals surface area contributed by atoms with Gasteiger partial charge < -0.3 is 18.7 Å². The van der Waals surface area contributed by atoms with Gasteiger partial charge in [0.2, 0.25) is 5.72 Å². The van der Waals surface area contributed by atoms with E-state index in [0.717, 1.165) is 0 Å². The largest absolute Gasteiger partial charge is 0.864 e. The number of benzene rings is 4. The molecule has 0 aliphatic heterocycles. The average molecular weight is 1100 g/mol. The lowest BCUT2D eigenvalue weighted by atomic mass is 9.87. The predicted molar refractivity (Wildman–Crippen MR) is 208 cm³/mol. The van der Waals surface area contributed by atoms with E-state index in [1.807, 2.05) is 0 Å². The highest BCUT2D eigenvalue weighted by Gasteiger charge is 2.57. The molecule has 0 spiro atoms. The summed E-state index contributed by atoms with van der Waals surface area (Å²) in [4.78, 5) is 0.